The molecule has 44 valence electrons. The first-order valence-electron chi connectivity index (χ1n) is 2.86. The Morgan fingerprint density at radius 3 is 2.88 bits per heavy atom. The third kappa shape index (κ3) is 0.915. The van der Waals surface area contributed by atoms with E-state index in [0.717, 1.165) is 6.42 Å². The minimum absolute atomic E-state index is 0.333. The summed E-state index contributed by atoms with van der Waals surface area (Å²) in [7, 11) is 0. The molecule has 1 aliphatic rings. The lowest BCUT2D eigenvalue weighted by Crippen LogP contribution is -1.98. The van der Waals surface area contributed by atoms with Crippen LogP contribution >= 0.6 is 0 Å². The van der Waals surface area contributed by atoms with E-state index in [0.29, 0.717) is 11.7 Å². The van der Waals surface area contributed by atoms with E-state index in [1.54, 1.807) is 6.08 Å². The average molecular weight is 110 g/mol. The maximum absolute atomic E-state index is 8.99. The Morgan fingerprint density at radius 1 is 1.75 bits per heavy atom. The first-order valence-corrected chi connectivity index (χ1v) is 2.86. The quantitative estimate of drug-likeness (QED) is 0.505. The first kappa shape index (κ1) is 5.42. The molecule has 1 nitrogen and oxygen atoms in total. The number of aliphatic hydroxyl groups excluding tert-OH is 1. The van der Waals surface area contributed by atoms with Crippen molar-refractivity contribution in [3.63, 3.8) is 0 Å². The molecule has 0 aromatic rings. The lowest BCUT2D eigenvalue weighted by molar-refractivity contribution is 0.339. The van der Waals surface area contributed by atoms with E-state index < -0.39 is 0 Å². The summed E-state index contributed by atoms with van der Waals surface area (Å²) in [5.41, 5.74) is 0. The molecule has 0 spiro atoms. The normalized spacial score (nSPS) is 27.6. The standard InChI is InChI=1S/C7H10O/c1-6-4-2-3-5-7(6)8/h2-3,5-6,8H,4H2,1H3/t6-/m0/s1. The second kappa shape index (κ2) is 2.03. The SMILES string of the molecule is C[C@H]1CC=CC=C1O. The number of aliphatic hydroxyl groups is 1. The van der Waals surface area contributed by atoms with Crippen molar-refractivity contribution in [1.82, 2.24) is 0 Å². The van der Waals surface area contributed by atoms with Gasteiger partial charge in [-0.05, 0) is 12.5 Å². The Labute approximate surface area is 49.3 Å². The van der Waals surface area contributed by atoms with Crippen LogP contribution in [0.1, 0.15) is 13.3 Å². The molecule has 1 heteroatoms. The minimum Gasteiger partial charge on any atom is -0.512 e. The Bertz CT molecular complexity index is 133. The third-order valence-electron chi connectivity index (χ3n) is 1.40. The van der Waals surface area contributed by atoms with E-state index in [1.807, 2.05) is 13.0 Å². The zero-order chi connectivity index (χ0) is 5.98. The maximum atomic E-state index is 8.99. The molecule has 0 bridgehead atoms. The van der Waals surface area contributed by atoms with Gasteiger partial charge in [0.25, 0.3) is 0 Å². The monoisotopic (exact) mass is 110 g/mol. The van der Waals surface area contributed by atoms with E-state index in [1.165, 1.54) is 0 Å². The van der Waals surface area contributed by atoms with Gasteiger partial charge >= 0.3 is 0 Å². The minimum atomic E-state index is 0.333. The van der Waals surface area contributed by atoms with Gasteiger partial charge in [0.2, 0.25) is 0 Å². The van der Waals surface area contributed by atoms with Gasteiger partial charge in [-0.2, -0.15) is 0 Å². The van der Waals surface area contributed by atoms with Crippen molar-refractivity contribution in [2.75, 3.05) is 0 Å². The van der Waals surface area contributed by atoms with E-state index in [9.17, 15) is 0 Å². The van der Waals surface area contributed by atoms with E-state index in [-0.39, 0.29) is 0 Å². The molecule has 0 unspecified atom stereocenters. The second-order valence-electron chi connectivity index (χ2n) is 2.16. The van der Waals surface area contributed by atoms with Crippen molar-refractivity contribution in [1.29, 1.82) is 0 Å². The fourth-order valence-corrected chi connectivity index (χ4v) is 0.734. The number of rotatable bonds is 0. The Balaban J connectivity index is 2.66. The van der Waals surface area contributed by atoms with Crippen LogP contribution in [0, 0.1) is 5.92 Å². The highest BCUT2D eigenvalue weighted by molar-refractivity contribution is 5.14. The summed E-state index contributed by atoms with van der Waals surface area (Å²) in [4.78, 5) is 0. The van der Waals surface area contributed by atoms with Crippen LogP contribution in [-0.2, 0) is 0 Å². The first-order chi connectivity index (χ1) is 3.80. The van der Waals surface area contributed by atoms with Crippen molar-refractivity contribution >= 4 is 0 Å². The molecule has 1 N–H and O–H groups in total. The van der Waals surface area contributed by atoms with E-state index in [4.69, 9.17) is 5.11 Å². The summed E-state index contributed by atoms with van der Waals surface area (Å²) in [6.45, 7) is 2.01. The second-order valence-corrected chi connectivity index (χ2v) is 2.16. The lowest BCUT2D eigenvalue weighted by Gasteiger charge is -2.09. The smallest absolute Gasteiger partial charge is 0.0953 e. The summed E-state index contributed by atoms with van der Waals surface area (Å²) in [5.74, 6) is 0.840. The average Bonchev–Trinajstić information content (AvgIpc) is 1.77. The fraction of sp³-hybridized carbons (Fsp3) is 0.429. The zero-order valence-corrected chi connectivity index (χ0v) is 4.96. The van der Waals surface area contributed by atoms with Crippen LogP contribution < -0.4 is 0 Å². The fourth-order valence-electron chi connectivity index (χ4n) is 0.734. The molecule has 0 radical (unpaired) electrons. The molecule has 0 amide bonds. The van der Waals surface area contributed by atoms with Crippen LogP contribution in [-0.4, -0.2) is 5.11 Å². The molecular formula is C7H10O. The number of allylic oxidation sites excluding steroid dienone is 4. The van der Waals surface area contributed by atoms with Crippen LogP contribution in [0.2, 0.25) is 0 Å². The van der Waals surface area contributed by atoms with Crippen LogP contribution in [0.25, 0.3) is 0 Å². The van der Waals surface area contributed by atoms with Crippen molar-refractivity contribution in [3.05, 3.63) is 24.0 Å². The van der Waals surface area contributed by atoms with Crippen LogP contribution in [0.3, 0.4) is 0 Å². The molecular weight excluding hydrogens is 100 g/mol. The molecule has 8 heavy (non-hydrogen) atoms. The summed E-state index contributed by atoms with van der Waals surface area (Å²) in [6, 6.07) is 0. The van der Waals surface area contributed by atoms with Gasteiger partial charge in [-0.3, -0.25) is 0 Å². The van der Waals surface area contributed by atoms with E-state index in [2.05, 4.69) is 6.08 Å². The predicted octanol–water partition coefficient (Wildman–Crippen LogP) is 2.02. The van der Waals surface area contributed by atoms with Gasteiger partial charge in [-0.25, -0.2) is 0 Å². The van der Waals surface area contributed by atoms with E-state index >= 15 is 0 Å². The molecule has 1 aliphatic carbocycles. The predicted molar refractivity (Wildman–Crippen MR) is 33.6 cm³/mol. The van der Waals surface area contributed by atoms with Crippen molar-refractivity contribution in [2.24, 2.45) is 5.92 Å². The van der Waals surface area contributed by atoms with Crippen LogP contribution in [0.5, 0.6) is 0 Å². The van der Waals surface area contributed by atoms with Gasteiger partial charge in [0.15, 0.2) is 0 Å². The van der Waals surface area contributed by atoms with Crippen LogP contribution in [0.4, 0.5) is 0 Å². The molecule has 0 heterocycles. The maximum Gasteiger partial charge on any atom is 0.0953 e. The zero-order valence-electron chi connectivity index (χ0n) is 4.96. The lowest BCUT2D eigenvalue weighted by atomic mass is 10.0. The molecule has 0 aliphatic heterocycles. The molecule has 0 aromatic carbocycles. The Kier molecular flexibility index (Phi) is 1.38. The molecule has 0 fully saturated rings. The highest BCUT2D eigenvalue weighted by Gasteiger charge is 2.05. The van der Waals surface area contributed by atoms with Crippen molar-refractivity contribution < 1.29 is 5.11 Å². The number of hydrogen-bond donors (Lipinski definition) is 1. The molecule has 0 saturated carbocycles. The summed E-state index contributed by atoms with van der Waals surface area (Å²) >= 11 is 0. The highest BCUT2D eigenvalue weighted by Crippen LogP contribution is 2.15. The highest BCUT2D eigenvalue weighted by atomic mass is 16.3. The van der Waals surface area contributed by atoms with Gasteiger partial charge in [-0.1, -0.05) is 19.1 Å². The largest absolute Gasteiger partial charge is 0.512 e. The van der Waals surface area contributed by atoms with Gasteiger partial charge in [0, 0.05) is 5.92 Å². The topological polar surface area (TPSA) is 20.2 Å². The summed E-state index contributed by atoms with van der Waals surface area (Å²) < 4.78 is 0. The molecule has 1 rings (SSSR count). The van der Waals surface area contributed by atoms with Crippen molar-refractivity contribution in [2.45, 2.75) is 13.3 Å². The molecule has 0 saturated heterocycles. The van der Waals surface area contributed by atoms with Gasteiger partial charge < -0.3 is 5.11 Å². The Morgan fingerprint density at radius 2 is 2.50 bits per heavy atom. The summed E-state index contributed by atoms with van der Waals surface area (Å²) in [5, 5.41) is 8.99. The van der Waals surface area contributed by atoms with Gasteiger partial charge in [-0.15, -0.1) is 0 Å². The Hall–Kier alpha value is -0.720. The van der Waals surface area contributed by atoms with Crippen LogP contribution in [0.15, 0.2) is 24.0 Å². The molecule has 1 atom stereocenters. The van der Waals surface area contributed by atoms with Crippen molar-refractivity contribution in [3.8, 4) is 0 Å². The third-order valence-corrected chi connectivity index (χ3v) is 1.40. The van der Waals surface area contributed by atoms with Gasteiger partial charge in [0.05, 0.1) is 5.76 Å². The van der Waals surface area contributed by atoms with Gasteiger partial charge in [0.1, 0.15) is 0 Å². The molecule has 0 aromatic heterocycles. The summed E-state index contributed by atoms with van der Waals surface area (Å²) in [6.07, 6.45) is 6.66. The number of hydrogen-bond acceptors (Lipinski definition) is 1.